The number of hydrogen-bond acceptors (Lipinski definition) is 2. The fourth-order valence-corrected chi connectivity index (χ4v) is 1.96. The van der Waals surface area contributed by atoms with Gasteiger partial charge in [-0.15, -0.1) is 0 Å². The van der Waals surface area contributed by atoms with Crippen molar-refractivity contribution in [2.45, 2.75) is 32.7 Å². The van der Waals surface area contributed by atoms with Crippen LogP contribution in [0.25, 0.3) is 0 Å². The number of ether oxygens (including phenoxy) is 1. The Bertz CT molecular complexity index is 309. The molecule has 0 heterocycles. The minimum Gasteiger partial charge on any atom is -0.497 e. The molecule has 0 aliphatic rings. The molecule has 1 aromatic rings. The van der Waals surface area contributed by atoms with Crippen molar-refractivity contribution in [1.29, 1.82) is 0 Å². The molecule has 1 aromatic carbocycles. The third-order valence-electron chi connectivity index (χ3n) is 3.05. The van der Waals surface area contributed by atoms with E-state index >= 15 is 0 Å². The first-order valence-electron chi connectivity index (χ1n) is 5.97. The standard InChI is InChI=1S/C14H23NO/c1-11(2)14(15-3)9-8-12-6-5-7-13(10-12)16-4/h5-7,10-11,14-15H,8-9H2,1-4H3. The van der Waals surface area contributed by atoms with Gasteiger partial charge >= 0.3 is 0 Å². The van der Waals surface area contributed by atoms with E-state index in [0.717, 1.165) is 12.2 Å². The summed E-state index contributed by atoms with van der Waals surface area (Å²) >= 11 is 0. The van der Waals surface area contributed by atoms with Crippen molar-refractivity contribution in [2.24, 2.45) is 5.92 Å². The summed E-state index contributed by atoms with van der Waals surface area (Å²) in [5.41, 5.74) is 1.35. The van der Waals surface area contributed by atoms with Crippen LogP contribution in [0.15, 0.2) is 24.3 Å². The first-order valence-corrected chi connectivity index (χ1v) is 5.97. The fourth-order valence-electron chi connectivity index (χ4n) is 1.96. The highest BCUT2D eigenvalue weighted by Gasteiger charge is 2.10. The van der Waals surface area contributed by atoms with E-state index < -0.39 is 0 Å². The molecule has 0 aliphatic heterocycles. The van der Waals surface area contributed by atoms with Crippen molar-refractivity contribution >= 4 is 0 Å². The molecule has 2 heteroatoms. The van der Waals surface area contributed by atoms with E-state index in [-0.39, 0.29) is 0 Å². The topological polar surface area (TPSA) is 21.3 Å². The highest BCUT2D eigenvalue weighted by Crippen LogP contribution is 2.16. The van der Waals surface area contributed by atoms with Crippen LogP contribution in [0, 0.1) is 5.92 Å². The van der Waals surface area contributed by atoms with Crippen LogP contribution in [-0.4, -0.2) is 20.2 Å². The van der Waals surface area contributed by atoms with Crippen LogP contribution >= 0.6 is 0 Å². The zero-order chi connectivity index (χ0) is 12.0. The largest absolute Gasteiger partial charge is 0.497 e. The van der Waals surface area contributed by atoms with Crippen LogP contribution in [0.3, 0.4) is 0 Å². The maximum absolute atomic E-state index is 5.22. The average Bonchev–Trinajstić information content (AvgIpc) is 2.29. The third-order valence-corrected chi connectivity index (χ3v) is 3.05. The number of methoxy groups -OCH3 is 1. The van der Waals surface area contributed by atoms with E-state index in [2.05, 4.69) is 37.4 Å². The van der Waals surface area contributed by atoms with Crippen LogP contribution in [-0.2, 0) is 6.42 Å². The minimum absolute atomic E-state index is 0.589. The van der Waals surface area contributed by atoms with Gasteiger partial charge in [-0.05, 0) is 43.5 Å². The van der Waals surface area contributed by atoms with Gasteiger partial charge in [0.15, 0.2) is 0 Å². The quantitative estimate of drug-likeness (QED) is 0.797. The molecule has 1 N–H and O–H groups in total. The monoisotopic (exact) mass is 221 g/mol. The van der Waals surface area contributed by atoms with E-state index in [1.807, 2.05) is 13.1 Å². The molecule has 0 amide bonds. The lowest BCUT2D eigenvalue weighted by Gasteiger charge is -2.20. The highest BCUT2D eigenvalue weighted by molar-refractivity contribution is 5.28. The minimum atomic E-state index is 0.589. The molecule has 1 unspecified atom stereocenters. The van der Waals surface area contributed by atoms with Crippen molar-refractivity contribution in [3.8, 4) is 5.75 Å². The van der Waals surface area contributed by atoms with E-state index in [1.165, 1.54) is 12.0 Å². The lowest BCUT2D eigenvalue weighted by molar-refractivity contribution is 0.400. The first kappa shape index (κ1) is 13.0. The Hall–Kier alpha value is -1.02. The number of rotatable bonds is 6. The predicted molar refractivity (Wildman–Crippen MR) is 69.0 cm³/mol. The molecule has 1 rings (SSSR count). The van der Waals surface area contributed by atoms with Gasteiger partial charge in [0, 0.05) is 6.04 Å². The summed E-state index contributed by atoms with van der Waals surface area (Å²) in [5.74, 6) is 1.62. The van der Waals surface area contributed by atoms with Crippen molar-refractivity contribution < 1.29 is 4.74 Å². The Kier molecular flexibility index (Phi) is 5.33. The second kappa shape index (κ2) is 6.54. The van der Waals surface area contributed by atoms with Gasteiger partial charge < -0.3 is 10.1 Å². The van der Waals surface area contributed by atoms with Gasteiger partial charge in [0.1, 0.15) is 5.75 Å². The van der Waals surface area contributed by atoms with Gasteiger partial charge in [0.05, 0.1) is 7.11 Å². The van der Waals surface area contributed by atoms with E-state index in [0.29, 0.717) is 12.0 Å². The molecule has 0 radical (unpaired) electrons. The summed E-state index contributed by atoms with van der Waals surface area (Å²) in [4.78, 5) is 0. The molecule has 0 saturated heterocycles. The van der Waals surface area contributed by atoms with Gasteiger partial charge in [0.25, 0.3) is 0 Å². The van der Waals surface area contributed by atoms with Crippen LogP contribution < -0.4 is 10.1 Å². The van der Waals surface area contributed by atoms with Gasteiger partial charge in [-0.2, -0.15) is 0 Å². The zero-order valence-electron chi connectivity index (χ0n) is 10.8. The molecule has 0 spiro atoms. The second-order valence-corrected chi connectivity index (χ2v) is 4.53. The van der Waals surface area contributed by atoms with Crippen molar-refractivity contribution in [3.05, 3.63) is 29.8 Å². The summed E-state index contributed by atoms with van der Waals surface area (Å²) in [6.45, 7) is 4.51. The Morgan fingerprint density at radius 3 is 2.62 bits per heavy atom. The van der Waals surface area contributed by atoms with Crippen molar-refractivity contribution in [2.75, 3.05) is 14.2 Å². The molecule has 0 bridgehead atoms. The summed E-state index contributed by atoms with van der Waals surface area (Å²) in [6.07, 6.45) is 2.27. The van der Waals surface area contributed by atoms with Crippen molar-refractivity contribution in [3.63, 3.8) is 0 Å². The predicted octanol–water partition coefficient (Wildman–Crippen LogP) is 2.87. The Morgan fingerprint density at radius 1 is 1.31 bits per heavy atom. The van der Waals surface area contributed by atoms with Gasteiger partial charge in [0.2, 0.25) is 0 Å². The number of aryl methyl sites for hydroxylation is 1. The van der Waals surface area contributed by atoms with E-state index in [9.17, 15) is 0 Å². The Labute approximate surface area is 99.0 Å². The SMILES string of the molecule is CNC(CCc1cccc(OC)c1)C(C)C. The Balaban J connectivity index is 2.53. The highest BCUT2D eigenvalue weighted by atomic mass is 16.5. The molecule has 0 saturated carbocycles. The lowest BCUT2D eigenvalue weighted by atomic mass is 9.97. The fraction of sp³-hybridized carbons (Fsp3) is 0.571. The van der Waals surface area contributed by atoms with Gasteiger partial charge in [-0.25, -0.2) is 0 Å². The molecule has 1 atom stereocenters. The normalized spacial score (nSPS) is 12.8. The number of nitrogens with one attached hydrogen (secondary N) is 1. The maximum atomic E-state index is 5.22. The van der Waals surface area contributed by atoms with Crippen LogP contribution in [0.2, 0.25) is 0 Å². The van der Waals surface area contributed by atoms with Gasteiger partial charge in [-0.1, -0.05) is 26.0 Å². The smallest absolute Gasteiger partial charge is 0.119 e. The van der Waals surface area contributed by atoms with Crippen molar-refractivity contribution in [1.82, 2.24) is 5.32 Å². The zero-order valence-corrected chi connectivity index (χ0v) is 10.8. The summed E-state index contributed by atoms with van der Waals surface area (Å²) in [7, 11) is 3.75. The molecular formula is C14H23NO. The summed E-state index contributed by atoms with van der Waals surface area (Å²) in [6, 6.07) is 8.91. The molecule has 0 fully saturated rings. The molecule has 0 aromatic heterocycles. The molecule has 16 heavy (non-hydrogen) atoms. The second-order valence-electron chi connectivity index (χ2n) is 4.53. The average molecular weight is 221 g/mol. The van der Waals surface area contributed by atoms with Crippen LogP contribution in [0.5, 0.6) is 5.75 Å². The molecule has 90 valence electrons. The van der Waals surface area contributed by atoms with Crippen LogP contribution in [0.4, 0.5) is 0 Å². The lowest BCUT2D eigenvalue weighted by Crippen LogP contribution is -2.30. The number of hydrogen-bond donors (Lipinski definition) is 1. The summed E-state index contributed by atoms with van der Waals surface area (Å²) < 4.78 is 5.22. The van der Waals surface area contributed by atoms with Crippen LogP contribution in [0.1, 0.15) is 25.8 Å². The molecule has 2 nitrogen and oxygen atoms in total. The number of benzene rings is 1. The first-order chi connectivity index (χ1) is 7.67. The van der Waals surface area contributed by atoms with Gasteiger partial charge in [-0.3, -0.25) is 0 Å². The molecular weight excluding hydrogens is 198 g/mol. The Morgan fingerprint density at radius 2 is 2.06 bits per heavy atom. The molecule has 0 aliphatic carbocycles. The maximum Gasteiger partial charge on any atom is 0.119 e. The summed E-state index contributed by atoms with van der Waals surface area (Å²) in [5, 5.41) is 3.37. The van der Waals surface area contributed by atoms with E-state index in [4.69, 9.17) is 4.74 Å². The third kappa shape index (κ3) is 3.86. The van der Waals surface area contributed by atoms with E-state index in [1.54, 1.807) is 7.11 Å².